The molecule has 0 aromatic rings. The fourth-order valence-corrected chi connectivity index (χ4v) is 2.71. The number of nitrogens with zero attached hydrogens (tertiary/aromatic N) is 1. The lowest BCUT2D eigenvalue weighted by Gasteiger charge is -2.28. The number of likely N-dealkylation sites (tertiary alicyclic amines) is 1. The Morgan fingerprint density at radius 3 is 2.43 bits per heavy atom. The summed E-state index contributed by atoms with van der Waals surface area (Å²) in [6.45, 7) is 10.0. The molecule has 21 heavy (non-hydrogen) atoms. The average Bonchev–Trinajstić information content (AvgIpc) is 2.73. The van der Waals surface area contributed by atoms with Crippen LogP contribution in [0.1, 0.15) is 60.3 Å². The first kappa shape index (κ1) is 17.7. The molecule has 1 rings (SSSR count). The van der Waals surface area contributed by atoms with Crippen molar-refractivity contribution in [1.29, 1.82) is 0 Å². The van der Waals surface area contributed by atoms with Crippen LogP contribution < -0.4 is 5.32 Å². The van der Waals surface area contributed by atoms with Crippen LogP contribution in [0.3, 0.4) is 0 Å². The van der Waals surface area contributed by atoms with Gasteiger partial charge in [0.05, 0.1) is 0 Å². The largest absolute Gasteiger partial charge is 0.351 e. The summed E-state index contributed by atoms with van der Waals surface area (Å²) in [7, 11) is 0. The number of amides is 2. The van der Waals surface area contributed by atoms with E-state index in [9.17, 15) is 14.4 Å². The van der Waals surface area contributed by atoms with Gasteiger partial charge in [-0.05, 0) is 32.1 Å². The Labute approximate surface area is 127 Å². The van der Waals surface area contributed by atoms with Gasteiger partial charge in [0.1, 0.15) is 11.8 Å². The van der Waals surface area contributed by atoms with E-state index in [2.05, 4.69) is 5.32 Å². The molecule has 1 fully saturated rings. The van der Waals surface area contributed by atoms with E-state index in [4.69, 9.17) is 0 Å². The van der Waals surface area contributed by atoms with Crippen LogP contribution in [0.4, 0.5) is 0 Å². The molecule has 5 nitrogen and oxygen atoms in total. The van der Waals surface area contributed by atoms with Crippen LogP contribution in [0, 0.1) is 5.41 Å². The monoisotopic (exact) mass is 296 g/mol. The van der Waals surface area contributed by atoms with Crippen LogP contribution in [-0.4, -0.2) is 41.1 Å². The molecular formula is C16H28N2O3. The van der Waals surface area contributed by atoms with Gasteiger partial charge in [0.15, 0.2) is 0 Å². The fourth-order valence-electron chi connectivity index (χ4n) is 2.71. The van der Waals surface area contributed by atoms with E-state index in [-0.39, 0.29) is 35.1 Å². The van der Waals surface area contributed by atoms with Gasteiger partial charge in [-0.25, -0.2) is 0 Å². The Hall–Kier alpha value is -1.39. The van der Waals surface area contributed by atoms with E-state index in [1.165, 1.54) is 6.92 Å². The maximum Gasteiger partial charge on any atom is 0.243 e. The minimum absolute atomic E-state index is 0.0411. The maximum atomic E-state index is 12.3. The minimum Gasteiger partial charge on any atom is -0.351 e. The zero-order chi connectivity index (χ0) is 16.2. The quantitative estimate of drug-likeness (QED) is 0.842. The van der Waals surface area contributed by atoms with Crippen LogP contribution in [0.15, 0.2) is 0 Å². The molecule has 0 radical (unpaired) electrons. The van der Waals surface area contributed by atoms with Crippen LogP contribution in [0.25, 0.3) is 0 Å². The number of hydrogen-bond acceptors (Lipinski definition) is 3. The summed E-state index contributed by atoms with van der Waals surface area (Å²) >= 11 is 0. The summed E-state index contributed by atoms with van der Waals surface area (Å²) in [5.74, 6) is -0.0437. The molecule has 1 saturated heterocycles. The van der Waals surface area contributed by atoms with Crippen molar-refractivity contribution in [3.05, 3.63) is 0 Å². The van der Waals surface area contributed by atoms with Gasteiger partial charge in [-0.1, -0.05) is 20.8 Å². The van der Waals surface area contributed by atoms with Crippen molar-refractivity contribution < 1.29 is 14.4 Å². The minimum atomic E-state index is -0.380. The summed E-state index contributed by atoms with van der Waals surface area (Å²) in [4.78, 5) is 37.4. The Morgan fingerprint density at radius 1 is 1.29 bits per heavy atom. The highest BCUT2D eigenvalue weighted by atomic mass is 16.2. The third-order valence-corrected chi connectivity index (χ3v) is 3.54. The van der Waals surface area contributed by atoms with Crippen LogP contribution >= 0.6 is 0 Å². The molecular weight excluding hydrogens is 268 g/mol. The predicted molar refractivity (Wildman–Crippen MR) is 81.7 cm³/mol. The molecule has 0 saturated carbocycles. The summed E-state index contributed by atoms with van der Waals surface area (Å²) in [6, 6.07) is -0.565. The van der Waals surface area contributed by atoms with Crippen molar-refractivity contribution in [2.45, 2.75) is 72.4 Å². The molecule has 1 heterocycles. The average molecular weight is 296 g/mol. The number of Topliss-reactive ketones (excluding diaryl/α,β-unsaturated/α-hetero) is 1. The molecule has 2 amide bonds. The first-order valence-electron chi connectivity index (χ1n) is 7.69. The van der Waals surface area contributed by atoms with Crippen LogP contribution in [0.5, 0.6) is 0 Å². The molecule has 0 aromatic carbocycles. The number of ketones is 1. The molecule has 5 heteroatoms. The van der Waals surface area contributed by atoms with E-state index in [1.807, 2.05) is 27.7 Å². The molecule has 2 unspecified atom stereocenters. The van der Waals surface area contributed by atoms with Crippen molar-refractivity contribution in [3.63, 3.8) is 0 Å². The highest BCUT2D eigenvalue weighted by Gasteiger charge is 2.35. The Balaban J connectivity index is 2.62. The second kappa shape index (κ2) is 7.05. The Bertz CT molecular complexity index is 412. The zero-order valence-corrected chi connectivity index (χ0v) is 13.9. The highest BCUT2D eigenvalue weighted by molar-refractivity contribution is 5.89. The number of carbonyl (C=O) groups is 3. The summed E-state index contributed by atoms with van der Waals surface area (Å²) < 4.78 is 0. The summed E-state index contributed by atoms with van der Waals surface area (Å²) in [5, 5.41) is 2.85. The van der Waals surface area contributed by atoms with Gasteiger partial charge < -0.3 is 10.2 Å². The van der Waals surface area contributed by atoms with Gasteiger partial charge in [0.2, 0.25) is 11.8 Å². The Kier molecular flexibility index (Phi) is 5.93. The molecule has 1 aliphatic rings. The first-order valence-corrected chi connectivity index (χ1v) is 7.69. The number of carbonyl (C=O) groups excluding carboxylic acids is 3. The zero-order valence-electron chi connectivity index (χ0n) is 13.9. The second-order valence-corrected chi connectivity index (χ2v) is 7.30. The molecule has 1 N–H and O–H groups in total. The predicted octanol–water partition coefficient (Wildman–Crippen LogP) is 1.90. The highest BCUT2D eigenvalue weighted by Crippen LogP contribution is 2.24. The standard InChI is InChI=1S/C16H28N2O3/c1-11(9-12(2)19)17-15(21)13-7-6-8-18(13)14(20)10-16(3,4)5/h11,13H,6-10H2,1-5H3,(H,17,21). The van der Waals surface area contributed by atoms with Crippen molar-refractivity contribution in [2.24, 2.45) is 5.41 Å². The molecule has 0 aromatic heterocycles. The third kappa shape index (κ3) is 5.86. The lowest BCUT2D eigenvalue weighted by Crippen LogP contribution is -2.49. The van der Waals surface area contributed by atoms with Gasteiger partial charge in [-0.15, -0.1) is 0 Å². The molecule has 1 aliphatic heterocycles. The molecule has 2 atom stereocenters. The molecule has 0 aliphatic carbocycles. The molecule has 0 bridgehead atoms. The smallest absolute Gasteiger partial charge is 0.243 e. The fraction of sp³-hybridized carbons (Fsp3) is 0.812. The third-order valence-electron chi connectivity index (χ3n) is 3.54. The van der Waals surface area contributed by atoms with Gasteiger partial charge in [0, 0.05) is 25.4 Å². The van der Waals surface area contributed by atoms with Crippen LogP contribution in [-0.2, 0) is 14.4 Å². The molecule has 0 spiro atoms. The van der Waals surface area contributed by atoms with Gasteiger partial charge >= 0.3 is 0 Å². The first-order chi connectivity index (χ1) is 9.60. The lowest BCUT2D eigenvalue weighted by atomic mass is 9.91. The number of nitrogens with one attached hydrogen (secondary N) is 1. The Morgan fingerprint density at radius 2 is 1.90 bits per heavy atom. The number of rotatable bonds is 5. The van der Waals surface area contributed by atoms with Crippen molar-refractivity contribution in [1.82, 2.24) is 10.2 Å². The summed E-state index contributed by atoms with van der Waals surface area (Å²) in [6.07, 6.45) is 2.33. The van der Waals surface area contributed by atoms with Crippen molar-refractivity contribution >= 4 is 17.6 Å². The van der Waals surface area contributed by atoms with Gasteiger partial charge in [-0.2, -0.15) is 0 Å². The summed E-state index contributed by atoms with van der Waals surface area (Å²) in [5.41, 5.74) is -0.0807. The second-order valence-electron chi connectivity index (χ2n) is 7.30. The SMILES string of the molecule is CC(=O)CC(C)NC(=O)C1CCCN1C(=O)CC(C)(C)C. The van der Waals surface area contributed by atoms with E-state index >= 15 is 0 Å². The van der Waals surface area contributed by atoms with Crippen molar-refractivity contribution in [3.8, 4) is 0 Å². The normalized spacial score (nSPS) is 20.2. The van der Waals surface area contributed by atoms with E-state index < -0.39 is 0 Å². The van der Waals surface area contributed by atoms with Crippen molar-refractivity contribution in [2.75, 3.05) is 6.54 Å². The van der Waals surface area contributed by atoms with Crippen LogP contribution in [0.2, 0.25) is 0 Å². The van der Waals surface area contributed by atoms with Gasteiger partial charge in [0.25, 0.3) is 0 Å². The maximum absolute atomic E-state index is 12.3. The molecule has 120 valence electrons. The number of hydrogen-bond donors (Lipinski definition) is 1. The van der Waals surface area contributed by atoms with Gasteiger partial charge in [-0.3, -0.25) is 14.4 Å². The van der Waals surface area contributed by atoms with E-state index in [1.54, 1.807) is 4.90 Å². The van der Waals surface area contributed by atoms with E-state index in [0.717, 1.165) is 6.42 Å². The lowest BCUT2D eigenvalue weighted by molar-refractivity contribution is -0.140. The van der Waals surface area contributed by atoms with E-state index in [0.29, 0.717) is 25.8 Å². The topological polar surface area (TPSA) is 66.5 Å².